The van der Waals surface area contributed by atoms with Gasteiger partial charge in [-0.25, -0.2) is 5.01 Å². The highest BCUT2D eigenvalue weighted by Gasteiger charge is 2.21. The lowest BCUT2D eigenvalue weighted by Crippen LogP contribution is -2.36. The standard InChI is InChI=1S/C23H36N4O3/c1-4-15-26(16-5-2)17-6-14-24-22(28)13-18-27-23(29)12-11-21(25-27)19-7-9-20(30-3)10-8-19/h7-10H,4-6,11-18H2,1-3H3,(H,24,28). The first kappa shape index (κ1) is 23.9. The van der Waals surface area contributed by atoms with E-state index in [0.29, 0.717) is 25.9 Å². The molecule has 2 rings (SSSR count). The SMILES string of the molecule is CCCN(CCC)CCCNC(=O)CCN1N=C(c2ccc(OC)cc2)CCC1=O. The van der Waals surface area contributed by atoms with Gasteiger partial charge >= 0.3 is 0 Å². The third-order valence-corrected chi connectivity index (χ3v) is 5.13. The van der Waals surface area contributed by atoms with Crippen LogP contribution in [0.15, 0.2) is 29.4 Å². The first-order valence-corrected chi connectivity index (χ1v) is 11.1. The maximum absolute atomic E-state index is 12.2. The number of hydrazone groups is 1. The number of hydrogen-bond acceptors (Lipinski definition) is 5. The number of nitrogens with zero attached hydrogens (tertiary/aromatic N) is 3. The maximum atomic E-state index is 12.2. The molecule has 1 aliphatic heterocycles. The van der Waals surface area contributed by atoms with Crippen molar-refractivity contribution >= 4 is 17.5 Å². The topological polar surface area (TPSA) is 74.2 Å². The van der Waals surface area contributed by atoms with Crippen LogP contribution >= 0.6 is 0 Å². The molecule has 0 spiro atoms. The fraction of sp³-hybridized carbons (Fsp3) is 0.609. The monoisotopic (exact) mass is 416 g/mol. The molecule has 1 aliphatic rings. The lowest BCUT2D eigenvalue weighted by Gasteiger charge is -2.23. The number of nitrogens with one attached hydrogen (secondary N) is 1. The third-order valence-electron chi connectivity index (χ3n) is 5.13. The van der Waals surface area contributed by atoms with Gasteiger partial charge in [0, 0.05) is 25.8 Å². The molecule has 0 fully saturated rings. The van der Waals surface area contributed by atoms with Crippen molar-refractivity contribution < 1.29 is 14.3 Å². The molecule has 0 atom stereocenters. The van der Waals surface area contributed by atoms with Crippen LogP contribution in [0.3, 0.4) is 0 Å². The second kappa shape index (κ2) is 13.0. The van der Waals surface area contributed by atoms with E-state index < -0.39 is 0 Å². The number of ether oxygens (including phenoxy) is 1. The lowest BCUT2D eigenvalue weighted by atomic mass is 10.0. The fourth-order valence-corrected chi connectivity index (χ4v) is 3.56. The zero-order valence-electron chi connectivity index (χ0n) is 18.7. The number of amides is 2. The van der Waals surface area contributed by atoms with Crippen LogP contribution in [0, 0.1) is 0 Å². The van der Waals surface area contributed by atoms with Crippen LogP contribution in [0.5, 0.6) is 5.75 Å². The summed E-state index contributed by atoms with van der Waals surface area (Å²) in [5, 5.41) is 8.90. The summed E-state index contributed by atoms with van der Waals surface area (Å²) in [4.78, 5) is 26.8. The van der Waals surface area contributed by atoms with Crippen molar-refractivity contribution in [3.63, 3.8) is 0 Å². The lowest BCUT2D eigenvalue weighted by molar-refractivity contribution is -0.132. The van der Waals surface area contributed by atoms with Gasteiger partial charge < -0.3 is 15.0 Å². The zero-order valence-corrected chi connectivity index (χ0v) is 18.7. The van der Waals surface area contributed by atoms with Crippen LogP contribution in [0.4, 0.5) is 0 Å². The van der Waals surface area contributed by atoms with Crippen molar-refractivity contribution in [1.29, 1.82) is 0 Å². The maximum Gasteiger partial charge on any atom is 0.243 e. The van der Waals surface area contributed by atoms with Crippen molar-refractivity contribution in [2.75, 3.05) is 39.8 Å². The van der Waals surface area contributed by atoms with Crippen LogP contribution in [0.2, 0.25) is 0 Å². The fourth-order valence-electron chi connectivity index (χ4n) is 3.56. The second-order valence-electron chi connectivity index (χ2n) is 7.59. The number of rotatable bonds is 13. The summed E-state index contributed by atoms with van der Waals surface area (Å²) in [6, 6.07) is 7.65. The predicted octanol–water partition coefficient (Wildman–Crippen LogP) is 3.04. The van der Waals surface area contributed by atoms with Crippen LogP contribution in [0.1, 0.15) is 57.9 Å². The van der Waals surface area contributed by atoms with E-state index >= 15 is 0 Å². The van der Waals surface area contributed by atoms with Crippen molar-refractivity contribution in [1.82, 2.24) is 15.2 Å². The van der Waals surface area contributed by atoms with E-state index in [2.05, 4.69) is 29.2 Å². The van der Waals surface area contributed by atoms with E-state index in [4.69, 9.17) is 4.74 Å². The molecule has 2 amide bonds. The van der Waals surface area contributed by atoms with Crippen LogP contribution < -0.4 is 10.1 Å². The molecular formula is C23H36N4O3. The Balaban J connectivity index is 1.77. The van der Waals surface area contributed by atoms with E-state index in [1.807, 2.05) is 24.3 Å². The molecule has 1 heterocycles. The molecule has 30 heavy (non-hydrogen) atoms. The molecular weight excluding hydrogens is 380 g/mol. The summed E-state index contributed by atoms with van der Waals surface area (Å²) in [5.74, 6) is 0.717. The quantitative estimate of drug-likeness (QED) is 0.502. The molecule has 166 valence electrons. The zero-order chi connectivity index (χ0) is 21.8. The third kappa shape index (κ3) is 7.78. The van der Waals surface area contributed by atoms with E-state index in [1.54, 1.807) is 7.11 Å². The number of methoxy groups -OCH3 is 1. The van der Waals surface area contributed by atoms with Gasteiger partial charge in [-0.1, -0.05) is 13.8 Å². The average molecular weight is 417 g/mol. The Hall–Kier alpha value is -2.41. The molecule has 0 saturated carbocycles. The Morgan fingerprint density at radius 2 is 1.83 bits per heavy atom. The first-order chi connectivity index (χ1) is 14.6. The number of benzene rings is 1. The number of hydrogen-bond donors (Lipinski definition) is 1. The van der Waals surface area contributed by atoms with Crippen LogP contribution in [0.25, 0.3) is 0 Å². The minimum atomic E-state index is -0.0351. The van der Waals surface area contributed by atoms with E-state index in [0.717, 1.165) is 55.9 Å². The normalized spacial score (nSPS) is 14.1. The molecule has 0 unspecified atom stereocenters. The van der Waals surface area contributed by atoms with Gasteiger partial charge in [0.1, 0.15) is 5.75 Å². The highest BCUT2D eigenvalue weighted by molar-refractivity contribution is 6.04. The van der Waals surface area contributed by atoms with E-state index in [1.165, 1.54) is 5.01 Å². The molecule has 0 radical (unpaired) electrons. The number of carbonyl (C=O) groups excluding carboxylic acids is 2. The minimum absolute atomic E-state index is 0.0326. The van der Waals surface area contributed by atoms with E-state index in [9.17, 15) is 9.59 Å². The summed E-state index contributed by atoms with van der Waals surface area (Å²) < 4.78 is 5.19. The highest BCUT2D eigenvalue weighted by Crippen LogP contribution is 2.18. The van der Waals surface area contributed by atoms with Crippen LogP contribution in [-0.2, 0) is 9.59 Å². The molecule has 0 aliphatic carbocycles. The van der Waals surface area contributed by atoms with Gasteiger partial charge in [0.05, 0.1) is 19.4 Å². The Labute approximate surface area is 180 Å². The van der Waals surface area contributed by atoms with Gasteiger partial charge in [0.15, 0.2) is 0 Å². The highest BCUT2D eigenvalue weighted by atomic mass is 16.5. The van der Waals surface area contributed by atoms with Crippen molar-refractivity contribution in [2.24, 2.45) is 5.10 Å². The summed E-state index contributed by atoms with van der Waals surface area (Å²) in [7, 11) is 1.63. The molecule has 0 bridgehead atoms. The molecule has 7 heteroatoms. The predicted molar refractivity (Wildman–Crippen MR) is 120 cm³/mol. The largest absolute Gasteiger partial charge is 0.497 e. The molecule has 7 nitrogen and oxygen atoms in total. The summed E-state index contributed by atoms with van der Waals surface area (Å²) >= 11 is 0. The van der Waals surface area contributed by atoms with Crippen molar-refractivity contribution in [3.8, 4) is 5.75 Å². The van der Waals surface area contributed by atoms with Gasteiger partial charge in [-0.05, 0) is 68.7 Å². The molecule has 1 N–H and O–H groups in total. The molecule has 0 saturated heterocycles. The van der Waals surface area contributed by atoms with Gasteiger partial charge in [-0.2, -0.15) is 5.10 Å². The number of carbonyl (C=O) groups is 2. The van der Waals surface area contributed by atoms with Gasteiger partial charge in [-0.3, -0.25) is 9.59 Å². The first-order valence-electron chi connectivity index (χ1n) is 11.1. The second-order valence-corrected chi connectivity index (χ2v) is 7.59. The molecule has 1 aromatic carbocycles. The van der Waals surface area contributed by atoms with Crippen molar-refractivity contribution in [2.45, 2.75) is 52.4 Å². The van der Waals surface area contributed by atoms with Gasteiger partial charge in [-0.15, -0.1) is 0 Å². The summed E-state index contributed by atoms with van der Waals surface area (Å²) in [6.07, 6.45) is 4.52. The Morgan fingerprint density at radius 1 is 1.13 bits per heavy atom. The van der Waals surface area contributed by atoms with Crippen molar-refractivity contribution in [3.05, 3.63) is 29.8 Å². The van der Waals surface area contributed by atoms with Gasteiger partial charge in [0.2, 0.25) is 11.8 Å². The van der Waals surface area contributed by atoms with E-state index in [-0.39, 0.29) is 18.2 Å². The minimum Gasteiger partial charge on any atom is -0.497 e. The summed E-state index contributed by atoms with van der Waals surface area (Å²) in [6.45, 7) is 8.56. The molecule has 0 aromatic heterocycles. The Bertz CT molecular complexity index is 697. The summed E-state index contributed by atoms with van der Waals surface area (Å²) in [5.41, 5.74) is 1.84. The van der Waals surface area contributed by atoms with Crippen LogP contribution in [-0.4, -0.2) is 67.3 Å². The van der Waals surface area contributed by atoms with Gasteiger partial charge in [0.25, 0.3) is 0 Å². The smallest absolute Gasteiger partial charge is 0.243 e. The Morgan fingerprint density at radius 3 is 2.47 bits per heavy atom. The Kier molecular flexibility index (Phi) is 10.3. The molecule has 1 aromatic rings. The average Bonchev–Trinajstić information content (AvgIpc) is 2.76.